The number of anilines is 1. The number of benzene rings is 2. The number of thiophene rings is 1. The topological polar surface area (TPSA) is 73.2 Å². The number of thioether (sulfide) groups is 1. The highest BCUT2D eigenvalue weighted by molar-refractivity contribution is 8.00. The Morgan fingerprint density at radius 3 is 2.71 bits per heavy atom. The molecule has 174 valence electrons. The molecule has 0 radical (unpaired) electrons. The molecule has 1 atom stereocenters. The fourth-order valence-corrected chi connectivity index (χ4v) is 5.78. The van der Waals surface area contributed by atoms with Gasteiger partial charge in [0.2, 0.25) is 5.91 Å². The van der Waals surface area contributed by atoms with Gasteiger partial charge in [-0.3, -0.25) is 14.2 Å². The molecule has 2 aromatic heterocycles. The Morgan fingerprint density at radius 2 is 2.00 bits per heavy atom. The number of fused-ring (bicyclic) bond motifs is 1. The van der Waals surface area contributed by atoms with Gasteiger partial charge in [-0.15, -0.1) is 17.9 Å². The van der Waals surface area contributed by atoms with Crippen LogP contribution in [0.15, 0.2) is 77.2 Å². The molecule has 0 saturated heterocycles. The van der Waals surface area contributed by atoms with E-state index in [4.69, 9.17) is 9.72 Å². The highest BCUT2D eigenvalue weighted by Gasteiger charge is 2.26. The Kier molecular flexibility index (Phi) is 7.19. The van der Waals surface area contributed by atoms with Crippen LogP contribution in [-0.2, 0) is 11.3 Å². The van der Waals surface area contributed by atoms with Crippen molar-refractivity contribution in [1.82, 2.24) is 9.55 Å². The summed E-state index contributed by atoms with van der Waals surface area (Å²) in [5, 5.41) is 3.46. The van der Waals surface area contributed by atoms with Gasteiger partial charge >= 0.3 is 0 Å². The second-order valence-electron chi connectivity index (χ2n) is 7.69. The lowest BCUT2D eigenvalue weighted by Crippen LogP contribution is -2.25. The molecule has 34 heavy (non-hydrogen) atoms. The molecule has 8 heteroatoms. The standard InChI is InChI=1S/C26H25N3O3S2/c1-5-14-29-25(31)21-16(2)17(3)33-24(21)28-26(29)34-22(18-10-7-6-8-11-18)23(30)27-19-12-9-13-20(15-19)32-4/h5-13,15,22H,1,14H2,2-4H3,(H,27,30)/t22-/m1/s1. The lowest BCUT2D eigenvalue weighted by atomic mass is 10.1. The molecule has 0 fully saturated rings. The van der Waals surface area contributed by atoms with Crippen LogP contribution in [0.3, 0.4) is 0 Å². The van der Waals surface area contributed by atoms with Crippen molar-refractivity contribution in [2.45, 2.75) is 30.8 Å². The van der Waals surface area contributed by atoms with Crippen LogP contribution in [0.1, 0.15) is 21.3 Å². The van der Waals surface area contributed by atoms with Crippen LogP contribution in [0.5, 0.6) is 5.75 Å². The van der Waals surface area contributed by atoms with Gasteiger partial charge in [0.25, 0.3) is 5.56 Å². The molecule has 2 heterocycles. The smallest absolute Gasteiger partial charge is 0.263 e. The van der Waals surface area contributed by atoms with Crippen molar-refractivity contribution >= 4 is 44.9 Å². The molecule has 0 spiro atoms. The first-order valence-corrected chi connectivity index (χ1v) is 12.4. The number of carbonyl (C=O) groups excluding carboxylic acids is 1. The van der Waals surface area contributed by atoms with Crippen molar-refractivity contribution in [2.24, 2.45) is 0 Å². The number of aromatic nitrogens is 2. The van der Waals surface area contributed by atoms with Crippen LogP contribution in [0.25, 0.3) is 10.2 Å². The summed E-state index contributed by atoms with van der Waals surface area (Å²) < 4.78 is 6.86. The molecule has 2 aromatic carbocycles. The molecule has 1 amide bonds. The summed E-state index contributed by atoms with van der Waals surface area (Å²) in [6.07, 6.45) is 1.67. The predicted octanol–water partition coefficient (Wildman–Crippen LogP) is 5.74. The zero-order chi connectivity index (χ0) is 24.2. The number of nitrogens with one attached hydrogen (secondary N) is 1. The van der Waals surface area contributed by atoms with Crippen molar-refractivity contribution in [2.75, 3.05) is 12.4 Å². The Labute approximate surface area is 206 Å². The van der Waals surface area contributed by atoms with E-state index in [0.29, 0.717) is 33.4 Å². The molecule has 4 rings (SSSR count). The third kappa shape index (κ3) is 4.78. The Morgan fingerprint density at radius 1 is 1.24 bits per heavy atom. The van der Waals surface area contributed by atoms with E-state index in [-0.39, 0.29) is 11.5 Å². The van der Waals surface area contributed by atoms with Gasteiger partial charge in [0.15, 0.2) is 5.16 Å². The number of allylic oxidation sites excluding steroid dienone is 1. The number of methoxy groups -OCH3 is 1. The second-order valence-corrected chi connectivity index (χ2v) is 9.97. The van der Waals surface area contributed by atoms with Gasteiger partial charge in [0.1, 0.15) is 15.8 Å². The number of ether oxygens (including phenoxy) is 1. The van der Waals surface area contributed by atoms with Gasteiger partial charge in [-0.1, -0.05) is 54.2 Å². The van der Waals surface area contributed by atoms with Gasteiger partial charge in [-0.25, -0.2) is 4.98 Å². The number of hydrogen-bond acceptors (Lipinski definition) is 6. The average Bonchev–Trinajstić information content (AvgIpc) is 3.13. The van der Waals surface area contributed by atoms with Crippen molar-refractivity contribution in [3.63, 3.8) is 0 Å². The van der Waals surface area contributed by atoms with Crippen LogP contribution in [-0.4, -0.2) is 22.6 Å². The van der Waals surface area contributed by atoms with Crippen molar-refractivity contribution < 1.29 is 9.53 Å². The highest BCUT2D eigenvalue weighted by Crippen LogP contribution is 2.37. The van der Waals surface area contributed by atoms with E-state index in [9.17, 15) is 9.59 Å². The minimum Gasteiger partial charge on any atom is -0.497 e. The van der Waals surface area contributed by atoms with Gasteiger partial charge in [0, 0.05) is 23.2 Å². The van der Waals surface area contributed by atoms with Gasteiger partial charge < -0.3 is 10.1 Å². The summed E-state index contributed by atoms with van der Waals surface area (Å²) in [6.45, 7) is 8.04. The summed E-state index contributed by atoms with van der Waals surface area (Å²) >= 11 is 2.75. The van der Waals surface area contributed by atoms with Gasteiger partial charge in [-0.2, -0.15) is 0 Å². The fourth-order valence-electron chi connectivity index (χ4n) is 3.60. The molecule has 1 N–H and O–H groups in total. The van der Waals surface area contributed by atoms with Crippen LogP contribution in [0.4, 0.5) is 5.69 Å². The van der Waals surface area contributed by atoms with Gasteiger partial charge in [-0.05, 0) is 37.1 Å². The Balaban J connectivity index is 1.77. The van der Waals surface area contributed by atoms with E-state index in [1.807, 2.05) is 62.4 Å². The molecule has 0 bridgehead atoms. The second kappa shape index (κ2) is 10.3. The highest BCUT2D eigenvalue weighted by atomic mass is 32.2. The van der Waals surface area contributed by atoms with Crippen molar-refractivity contribution in [3.05, 3.63) is 93.6 Å². The molecule has 0 aliphatic heterocycles. The number of carbonyl (C=O) groups is 1. The summed E-state index contributed by atoms with van der Waals surface area (Å²) in [7, 11) is 1.58. The molecular weight excluding hydrogens is 466 g/mol. The summed E-state index contributed by atoms with van der Waals surface area (Å²) in [6, 6.07) is 16.7. The molecule has 0 aliphatic rings. The number of amides is 1. The Hall–Kier alpha value is -3.36. The third-order valence-corrected chi connectivity index (χ3v) is 7.81. The minimum absolute atomic E-state index is 0.116. The number of rotatable bonds is 8. The fraction of sp³-hybridized carbons (Fsp3) is 0.192. The minimum atomic E-state index is -0.630. The van der Waals surface area contributed by atoms with Crippen LogP contribution < -0.4 is 15.6 Å². The average molecular weight is 492 g/mol. The maximum atomic E-state index is 13.5. The van der Waals surface area contributed by atoms with E-state index >= 15 is 0 Å². The normalized spacial score (nSPS) is 11.9. The maximum Gasteiger partial charge on any atom is 0.263 e. The first kappa shape index (κ1) is 23.8. The number of nitrogens with zero attached hydrogens (tertiary/aromatic N) is 2. The van der Waals surface area contributed by atoms with Gasteiger partial charge in [0.05, 0.1) is 12.5 Å². The quantitative estimate of drug-likeness (QED) is 0.193. The van der Waals surface area contributed by atoms with E-state index in [1.165, 1.54) is 23.1 Å². The maximum absolute atomic E-state index is 13.5. The predicted molar refractivity (Wildman–Crippen MR) is 140 cm³/mol. The van der Waals surface area contributed by atoms with E-state index in [0.717, 1.165) is 16.0 Å². The third-order valence-electron chi connectivity index (χ3n) is 5.47. The zero-order valence-electron chi connectivity index (χ0n) is 19.2. The summed E-state index contributed by atoms with van der Waals surface area (Å²) in [4.78, 5) is 33.4. The SMILES string of the molecule is C=CCn1c(S[C@@H](C(=O)Nc2cccc(OC)c2)c2ccccc2)nc2sc(C)c(C)c2c1=O. The molecular formula is C26H25N3O3S2. The van der Waals surface area contributed by atoms with E-state index < -0.39 is 5.25 Å². The monoisotopic (exact) mass is 491 g/mol. The first-order valence-electron chi connectivity index (χ1n) is 10.7. The molecule has 6 nitrogen and oxygen atoms in total. The molecule has 0 saturated carbocycles. The molecule has 0 aliphatic carbocycles. The number of aryl methyl sites for hydroxylation is 2. The van der Waals surface area contributed by atoms with Crippen LogP contribution in [0.2, 0.25) is 0 Å². The Bertz CT molecular complexity index is 1410. The van der Waals surface area contributed by atoms with Crippen molar-refractivity contribution in [3.8, 4) is 5.75 Å². The molecule has 4 aromatic rings. The van der Waals surface area contributed by atoms with E-state index in [1.54, 1.807) is 23.8 Å². The van der Waals surface area contributed by atoms with Crippen molar-refractivity contribution in [1.29, 1.82) is 0 Å². The van der Waals surface area contributed by atoms with Crippen LogP contribution in [0, 0.1) is 13.8 Å². The largest absolute Gasteiger partial charge is 0.497 e. The molecule has 0 unspecified atom stereocenters. The number of hydrogen-bond donors (Lipinski definition) is 1. The van der Waals surface area contributed by atoms with Crippen LogP contribution >= 0.6 is 23.1 Å². The summed E-state index contributed by atoms with van der Waals surface area (Å²) in [5.41, 5.74) is 2.27. The zero-order valence-corrected chi connectivity index (χ0v) is 20.8. The first-order chi connectivity index (χ1) is 16.4. The summed E-state index contributed by atoms with van der Waals surface area (Å²) in [5.74, 6) is 0.430. The lowest BCUT2D eigenvalue weighted by Gasteiger charge is -2.19. The lowest BCUT2D eigenvalue weighted by molar-refractivity contribution is -0.115. The van der Waals surface area contributed by atoms with E-state index in [2.05, 4.69) is 11.9 Å².